The van der Waals surface area contributed by atoms with Crippen molar-refractivity contribution in [2.75, 3.05) is 14.2 Å². The zero-order valence-electron chi connectivity index (χ0n) is 15.8. The van der Waals surface area contributed by atoms with E-state index in [4.69, 9.17) is 21.1 Å². The Morgan fingerprint density at radius 1 is 1.11 bits per heavy atom. The first-order valence-electron chi connectivity index (χ1n) is 8.83. The van der Waals surface area contributed by atoms with Crippen LogP contribution in [0.15, 0.2) is 48.7 Å². The summed E-state index contributed by atoms with van der Waals surface area (Å²) in [5.41, 5.74) is 4.66. The van der Waals surface area contributed by atoms with Crippen molar-refractivity contribution in [3.8, 4) is 11.4 Å². The van der Waals surface area contributed by atoms with Crippen LogP contribution < -0.4 is 4.74 Å². The molecule has 0 aliphatic heterocycles. The second-order valence-corrected chi connectivity index (χ2v) is 6.96. The molecule has 0 amide bonds. The zero-order valence-corrected chi connectivity index (χ0v) is 16.6. The van der Waals surface area contributed by atoms with E-state index in [1.165, 1.54) is 7.11 Å². The van der Waals surface area contributed by atoms with E-state index in [-0.39, 0.29) is 12.4 Å². The van der Waals surface area contributed by atoms with Crippen molar-refractivity contribution in [3.63, 3.8) is 0 Å². The van der Waals surface area contributed by atoms with E-state index in [9.17, 15) is 4.79 Å². The Balaban J connectivity index is 2.05. The molecule has 0 aliphatic carbocycles. The van der Waals surface area contributed by atoms with Crippen molar-refractivity contribution in [1.29, 1.82) is 0 Å². The van der Waals surface area contributed by atoms with Gasteiger partial charge in [-0.25, -0.2) is 0 Å². The minimum absolute atomic E-state index is 0.188. The fourth-order valence-corrected chi connectivity index (χ4v) is 3.81. The van der Waals surface area contributed by atoms with Crippen molar-refractivity contribution in [2.24, 2.45) is 0 Å². The lowest BCUT2D eigenvalue weighted by Gasteiger charge is -2.12. The molecular formula is C22H19ClN2O3. The first-order chi connectivity index (χ1) is 13.5. The van der Waals surface area contributed by atoms with E-state index >= 15 is 0 Å². The van der Waals surface area contributed by atoms with Gasteiger partial charge in [-0.1, -0.05) is 11.6 Å². The van der Waals surface area contributed by atoms with E-state index in [1.807, 2.05) is 49.4 Å². The Morgan fingerprint density at radius 2 is 1.93 bits per heavy atom. The number of halogens is 1. The molecule has 0 radical (unpaired) electrons. The van der Waals surface area contributed by atoms with Crippen LogP contribution in [0, 0.1) is 6.92 Å². The molecule has 0 atom stereocenters. The summed E-state index contributed by atoms with van der Waals surface area (Å²) in [6, 6.07) is 13.5. The lowest BCUT2D eigenvalue weighted by molar-refractivity contribution is -0.139. The van der Waals surface area contributed by atoms with E-state index in [1.54, 1.807) is 13.3 Å². The van der Waals surface area contributed by atoms with Gasteiger partial charge in [-0.2, -0.15) is 0 Å². The predicted molar refractivity (Wildman–Crippen MR) is 111 cm³/mol. The van der Waals surface area contributed by atoms with Gasteiger partial charge in [-0.3, -0.25) is 9.78 Å². The Labute approximate surface area is 167 Å². The van der Waals surface area contributed by atoms with Crippen molar-refractivity contribution in [1.82, 2.24) is 9.55 Å². The molecule has 28 heavy (non-hydrogen) atoms. The maximum Gasteiger partial charge on any atom is 0.310 e. The molecule has 0 saturated heterocycles. The molecule has 0 aliphatic rings. The molecule has 2 aromatic carbocycles. The number of aromatic nitrogens is 2. The average Bonchev–Trinajstić information content (AvgIpc) is 2.97. The quantitative estimate of drug-likeness (QED) is 0.463. The zero-order chi connectivity index (χ0) is 19.8. The van der Waals surface area contributed by atoms with Gasteiger partial charge in [0.25, 0.3) is 0 Å². The van der Waals surface area contributed by atoms with Crippen LogP contribution in [-0.4, -0.2) is 29.7 Å². The summed E-state index contributed by atoms with van der Waals surface area (Å²) in [7, 11) is 3.03. The minimum atomic E-state index is -0.281. The Morgan fingerprint density at radius 3 is 2.68 bits per heavy atom. The Bertz CT molecular complexity index is 1210. The van der Waals surface area contributed by atoms with Crippen LogP contribution >= 0.6 is 11.6 Å². The summed E-state index contributed by atoms with van der Waals surface area (Å²) >= 11 is 6.14. The van der Waals surface area contributed by atoms with Gasteiger partial charge in [-0.05, 0) is 55.0 Å². The number of hydrogen-bond donors (Lipinski definition) is 0. The van der Waals surface area contributed by atoms with Crippen LogP contribution in [-0.2, 0) is 16.0 Å². The van der Waals surface area contributed by atoms with Crippen LogP contribution in [0.1, 0.15) is 11.3 Å². The number of carbonyl (C=O) groups excluding carboxylic acids is 1. The number of rotatable bonds is 4. The number of ether oxygens (including phenoxy) is 2. The van der Waals surface area contributed by atoms with Gasteiger partial charge in [0.05, 0.1) is 37.4 Å². The molecule has 142 valence electrons. The highest BCUT2D eigenvalue weighted by Gasteiger charge is 2.20. The topological polar surface area (TPSA) is 53.4 Å². The third-order valence-electron chi connectivity index (χ3n) is 5.01. The minimum Gasteiger partial charge on any atom is -0.497 e. The summed E-state index contributed by atoms with van der Waals surface area (Å²) in [4.78, 5) is 16.5. The van der Waals surface area contributed by atoms with Crippen LogP contribution in [0.5, 0.6) is 5.75 Å². The number of fused-ring (bicyclic) bond motifs is 2. The van der Waals surface area contributed by atoms with Crippen LogP contribution in [0.3, 0.4) is 0 Å². The summed E-state index contributed by atoms with van der Waals surface area (Å²) in [5.74, 6) is 0.457. The number of esters is 1. The Kier molecular flexibility index (Phi) is 4.69. The summed E-state index contributed by atoms with van der Waals surface area (Å²) in [5, 5.41) is 2.58. The molecule has 0 saturated carbocycles. The number of benzene rings is 2. The molecule has 2 aromatic heterocycles. The molecule has 6 heteroatoms. The van der Waals surface area contributed by atoms with Crippen LogP contribution in [0.2, 0.25) is 5.02 Å². The highest BCUT2D eigenvalue weighted by Crippen LogP contribution is 2.34. The van der Waals surface area contributed by atoms with Gasteiger partial charge in [0.15, 0.2) is 0 Å². The van der Waals surface area contributed by atoms with Gasteiger partial charge < -0.3 is 14.0 Å². The first kappa shape index (κ1) is 18.3. The molecule has 0 unspecified atom stereocenters. The van der Waals surface area contributed by atoms with E-state index in [0.717, 1.165) is 44.5 Å². The Hall–Kier alpha value is -3.05. The van der Waals surface area contributed by atoms with E-state index < -0.39 is 0 Å². The largest absolute Gasteiger partial charge is 0.497 e. The van der Waals surface area contributed by atoms with E-state index in [0.29, 0.717) is 5.02 Å². The number of methoxy groups -OCH3 is 2. The number of pyridine rings is 1. The fraction of sp³-hybridized carbons (Fsp3) is 0.182. The third kappa shape index (κ3) is 2.98. The maximum absolute atomic E-state index is 12.0. The number of carbonyl (C=O) groups is 1. The van der Waals surface area contributed by atoms with E-state index in [2.05, 4.69) is 9.55 Å². The van der Waals surface area contributed by atoms with Gasteiger partial charge in [0, 0.05) is 27.7 Å². The summed E-state index contributed by atoms with van der Waals surface area (Å²) < 4.78 is 12.4. The average molecular weight is 395 g/mol. The molecule has 0 N–H and O–H groups in total. The third-order valence-corrected chi connectivity index (χ3v) is 5.25. The molecule has 4 aromatic rings. The molecule has 2 heterocycles. The fourth-order valence-electron chi connectivity index (χ4n) is 3.64. The standard InChI is InChI=1S/C22H19ClN2O3/c1-13-17(12-22(26)28-3)18-11-15(27-2)5-7-20(18)25(13)21-8-9-24-19-10-14(23)4-6-16(19)21/h4-11H,12H2,1-3H3. The van der Waals surface area contributed by atoms with Crippen LogP contribution in [0.25, 0.3) is 27.5 Å². The lowest BCUT2D eigenvalue weighted by Crippen LogP contribution is -2.06. The van der Waals surface area contributed by atoms with Gasteiger partial charge >= 0.3 is 5.97 Å². The van der Waals surface area contributed by atoms with Crippen molar-refractivity contribution < 1.29 is 14.3 Å². The lowest BCUT2D eigenvalue weighted by atomic mass is 10.1. The summed E-state index contributed by atoms with van der Waals surface area (Å²) in [6.45, 7) is 2.01. The molecule has 4 rings (SSSR count). The van der Waals surface area contributed by atoms with Gasteiger partial charge in [0.1, 0.15) is 5.75 Å². The van der Waals surface area contributed by atoms with Crippen molar-refractivity contribution in [2.45, 2.75) is 13.3 Å². The maximum atomic E-state index is 12.0. The number of nitrogens with zero attached hydrogens (tertiary/aromatic N) is 2. The molecule has 5 nitrogen and oxygen atoms in total. The highest BCUT2D eigenvalue weighted by molar-refractivity contribution is 6.31. The molecular weight excluding hydrogens is 376 g/mol. The highest BCUT2D eigenvalue weighted by atomic mass is 35.5. The molecule has 0 fully saturated rings. The first-order valence-corrected chi connectivity index (χ1v) is 9.20. The molecule has 0 spiro atoms. The second-order valence-electron chi connectivity index (χ2n) is 6.53. The monoisotopic (exact) mass is 394 g/mol. The van der Waals surface area contributed by atoms with Gasteiger partial charge in [0.2, 0.25) is 0 Å². The molecule has 0 bridgehead atoms. The summed E-state index contributed by atoms with van der Waals surface area (Å²) in [6.07, 6.45) is 1.95. The van der Waals surface area contributed by atoms with Crippen molar-refractivity contribution in [3.05, 3.63) is 64.9 Å². The van der Waals surface area contributed by atoms with Gasteiger partial charge in [-0.15, -0.1) is 0 Å². The smallest absolute Gasteiger partial charge is 0.310 e. The van der Waals surface area contributed by atoms with Crippen LogP contribution in [0.4, 0.5) is 0 Å². The SMILES string of the molecule is COC(=O)Cc1c(C)n(-c2ccnc3cc(Cl)ccc23)c2ccc(OC)cc12. The predicted octanol–water partition coefficient (Wildman–Crippen LogP) is 4.86. The van der Waals surface area contributed by atoms with Crippen molar-refractivity contribution >= 4 is 39.4 Å². The number of hydrogen-bond acceptors (Lipinski definition) is 4. The second kappa shape index (κ2) is 7.17. The normalized spacial score (nSPS) is 11.1.